The first-order valence-electron chi connectivity index (χ1n) is 8.37. The van der Waals surface area contributed by atoms with E-state index >= 15 is 0 Å². The molecule has 1 aromatic rings. The molecule has 3 rings (SSSR count). The molecule has 2 aliphatic heterocycles. The molecule has 0 aliphatic carbocycles. The van der Waals surface area contributed by atoms with Gasteiger partial charge in [-0.2, -0.15) is 0 Å². The zero-order valence-corrected chi connectivity index (χ0v) is 14.1. The van der Waals surface area contributed by atoms with E-state index in [-0.39, 0.29) is 18.0 Å². The molecular weight excluding hydrogens is 310 g/mol. The van der Waals surface area contributed by atoms with Crippen LogP contribution in [0.4, 0.5) is 10.5 Å². The van der Waals surface area contributed by atoms with E-state index in [2.05, 4.69) is 5.32 Å². The van der Waals surface area contributed by atoms with Gasteiger partial charge < -0.3 is 24.6 Å². The lowest BCUT2D eigenvalue weighted by atomic mass is 10.2. The van der Waals surface area contributed by atoms with Crippen molar-refractivity contribution in [2.75, 3.05) is 37.7 Å². The maximum atomic E-state index is 12.3. The van der Waals surface area contributed by atoms with Crippen LogP contribution in [0, 0.1) is 0 Å². The number of carbonyl (C=O) groups excluding carboxylic acids is 2. The van der Waals surface area contributed by atoms with Crippen LogP contribution in [0.1, 0.15) is 20.3 Å². The van der Waals surface area contributed by atoms with Crippen LogP contribution in [-0.2, 0) is 4.79 Å². The van der Waals surface area contributed by atoms with Crippen LogP contribution in [0.2, 0.25) is 0 Å². The molecule has 1 aromatic carbocycles. The van der Waals surface area contributed by atoms with Gasteiger partial charge in [-0.15, -0.1) is 0 Å². The number of anilines is 1. The summed E-state index contributed by atoms with van der Waals surface area (Å²) < 4.78 is 11.1. The predicted octanol–water partition coefficient (Wildman–Crippen LogP) is 1.61. The molecule has 0 saturated carbocycles. The zero-order valence-electron chi connectivity index (χ0n) is 14.1. The number of hydrogen-bond donors (Lipinski definition) is 1. The van der Waals surface area contributed by atoms with Gasteiger partial charge in [-0.05, 0) is 26.0 Å². The summed E-state index contributed by atoms with van der Waals surface area (Å²) in [5.74, 6) is 1.35. The summed E-state index contributed by atoms with van der Waals surface area (Å²) >= 11 is 0. The Balaban J connectivity index is 1.68. The highest BCUT2D eigenvalue weighted by atomic mass is 16.6. The number of nitrogens with one attached hydrogen (secondary N) is 1. The molecule has 1 atom stereocenters. The first-order chi connectivity index (χ1) is 11.6. The molecule has 0 radical (unpaired) electrons. The van der Waals surface area contributed by atoms with Gasteiger partial charge in [0.25, 0.3) is 0 Å². The lowest BCUT2D eigenvalue weighted by Gasteiger charge is -2.23. The third-order valence-corrected chi connectivity index (χ3v) is 4.34. The van der Waals surface area contributed by atoms with Gasteiger partial charge in [0.1, 0.15) is 13.2 Å². The summed E-state index contributed by atoms with van der Waals surface area (Å²) in [5, 5.41) is 2.94. The lowest BCUT2D eigenvalue weighted by molar-refractivity contribution is -0.117. The standard InChI is InChI=1S/C17H23N3O4/c1-3-19(4-2)17(22)18-12-9-16(21)20(11-12)13-5-6-14-15(10-13)24-8-7-23-14/h5-6,10,12H,3-4,7-9,11H2,1-2H3,(H,18,22). The van der Waals surface area contributed by atoms with Crippen LogP contribution >= 0.6 is 0 Å². The lowest BCUT2D eigenvalue weighted by Crippen LogP contribution is -2.45. The highest BCUT2D eigenvalue weighted by molar-refractivity contribution is 5.97. The van der Waals surface area contributed by atoms with Crippen molar-refractivity contribution < 1.29 is 19.1 Å². The minimum absolute atomic E-state index is 0.00322. The first-order valence-corrected chi connectivity index (χ1v) is 8.37. The molecule has 130 valence electrons. The number of nitrogens with zero attached hydrogens (tertiary/aromatic N) is 2. The fraction of sp³-hybridized carbons (Fsp3) is 0.529. The zero-order chi connectivity index (χ0) is 17.1. The topological polar surface area (TPSA) is 71.1 Å². The van der Waals surface area contributed by atoms with Crippen LogP contribution in [0.25, 0.3) is 0 Å². The maximum Gasteiger partial charge on any atom is 0.317 e. The van der Waals surface area contributed by atoms with E-state index < -0.39 is 0 Å². The molecule has 1 N–H and O–H groups in total. The summed E-state index contributed by atoms with van der Waals surface area (Å²) in [4.78, 5) is 27.9. The number of ether oxygens (including phenoxy) is 2. The quantitative estimate of drug-likeness (QED) is 0.909. The van der Waals surface area contributed by atoms with E-state index in [1.54, 1.807) is 9.80 Å². The number of urea groups is 1. The van der Waals surface area contributed by atoms with Crippen LogP contribution in [0.3, 0.4) is 0 Å². The normalized spacial score (nSPS) is 19.3. The van der Waals surface area contributed by atoms with Crippen molar-refractivity contribution in [3.63, 3.8) is 0 Å². The Hall–Kier alpha value is -2.44. The number of carbonyl (C=O) groups is 2. The molecule has 1 unspecified atom stereocenters. The largest absolute Gasteiger partial charge is 0.486 e. The molecule has 7 nitrogen and oxygen atoms in total. The van der Waals surface area contributed by atoms with Gasteiger partial charge in [-0.25, -0.2) is 4.79 Å². The summed E-state index contributed by atoms with van der Waals surface area (Å²) in [6.07, 6.45) is 0.307. The third kappa shape index (κ3) is 3.25. The van der Waals surface area contributed by atoms with E-state index in [0.717, 1.165) is 5.69 Å². The van der Waals surface area contributed by atoms with Gasteiger partial charge >= 0.3 is 6.03 Å². The van der Waals surface area contributed by atoms with Gasteiger partial charge in [0.2, 0.25) is 5.91 Å². The number of rotatable bonds is 4. The van der Waals surface area contributed by atoms with Crippen molar-refractivity contribution in [2.45, 2.75) is 26.3 Å². The molecule has 24 heavy (non-hydrogen) atoms. The van der Waals surface area contributed by atoms with Gasteiger partial charge in [0.05, 0.1) is 6.04 Å². The minimum Gasteiger partial charge on any atom is -0.486 e. The van der Waals surface area contributed by atoms with Crippen molar-refractivity contribution in [2.24, 2.45) is 0 Å². The van der Waals surface area contributed by atoms with Gasteiger partial charge in [-0.1, -0.05) is 0 Å². The minimum atomic E-state index is -0.182. The number of hydrogen-bond acceptors (Lipinski definition) is 4. The smallest absolute Gasteiger partial charge is 0.317 e. The van der Waals surface area contributed by atoms with E-state index in [0.29, 0.717) is 50.8 Å². The average molecular weight is 333 g/mol. The van der Waals surface area contributed by atoms with Gasteiger partial charge in [0, 0.05) is 37.8 Å². The summed E-state index contributed by atoms with van der Waals surface area (Å²) in [5.41, 5.74) is 0.767. The molecular formula is C17H23N3O4. The molecule has 2 aliphatic rings. The molecule has 1 saturated heterocycles. The maximum absolute atomic E-state index is 12.3. The summed E-state index contributed by atoms with van der Waals surface area (Å²) in [6, 6.07) is 5.18. The van der Waals surface area contributed by atoms with Gasteiger partial charge in [-0.3, -0.25) is 4.79 Å². The van der Waals surface area contributed by atoms with Crippen molar-refractivity contribution in [1.29, 1.82) is 0 Å². The SMILES string of the molecule is CCN(CC)C(=O)NC1CC(=O)N(c2ccc3c(c2)OCCO3)C1. The number of amides is 3. The second-order valence-electron chi connectivity index (χ2n) is 5.86. The Morgan fingerprint density at radius 3 is 2.67 bits per heavy atom. The second-order valence-corrected chi connectivity index (χ2v) is 5.86. The molecule has 2 heterocycles. The highest BCUT2D eigenvalue weighted by Crippen LogP contribution is 2.35. The molecule has 1 fully saturated rings. The summed E-state index contributed by atoms with van der Waals surface area (Å²) in [7, 11) is 0. The van der Waals surface area contributed by atoms with E-state index in [1.165, 1.54) is 0 Å². The Morgan fingerprint density at radius 1 is 1.25 bits per heavy atom. The van der Waals surface area contributed by atoms with Crippen molar-refractivity contribution in [1.82, 2.24) is 10.2 Å². The monoisotopic (exact) mass is 333 g/mol. The van der Waals surface area contributed by atoms with Crippen LogP contribution < -0.4 is 19.7 Å². The Labute approximate surface area is 141 Å². The summed E-state index contributed by atoms with van der Waals surface area (Å²) in [6.45, 7) is 6.67. The fourth-order valence-electron chi connectivity index (χ4n) is 3.03. The molecule has 0 bridgehead atoms. The first kappa shape index (κ1) is 16.4. The fourth-order valence-corrected chi connectivity index (χ4v) is 3.03. The van der Waals surface area contributed by atoms with Crippen molar-refractivity contribution >= 4 is 17.6 Å². The van der Waals surface area contributed by atoms with Crippen molar-refractivity contribution in [3.05, 3.63) is 18.2 Å². The number of benzene rings is 1. The van der Waals surface area contributed by atoms with E-state index in [4.69, 9.17) is 9.47 Å². The Bertz CT molecular complexity index is 630. The highest BCUT2D eigenvalue weighted by Gasteiger charge is 2.32. The molecule has 7 heteroatoms. The van der Waals surface area contributed by atoms with Gasteiger partial charge in [0.15, 0.2) is 11.5 Å². The molecule has 0 aromatic heterocycles. The third-order valence-electron chi connectivity index (χ3n) is 4.34. The molecule has 3 amide bonds. The average Bonchev–Trinajstić information content (AvgIpc) is 2.95. The van der Waals surface area contributed by atoms with E-state index in [9.17, 15) is 9.59 Å². The Morgan fingerprint density at radius 2 is 1.96 bits per heavy atom. The van der Waals surface area contributed by atoms with Crippen LogP contribution in [0.5, 0.6) is 11.5 Å². The van der Waals surface area contributed by atoms with E-state index in [1.807, 2.05) is 32.0 Å². The second kappa shape index (κ2) is 6.98. The van der Waals surface area contributed by atoms with Crippen molar-refractivity contribution in [3.8, 4) is 11.5 Å². The Kier molecular flexibility index (Phi) is 4.78. The van der Waals surface area contributed by atoms with Crippen LogP contribution in [0.15, 0.2) is 18.2 Å². The predicted molar refractivity (Wildman–Crippen MR) is 89.6 cm³/mol. The number of fused-ring (bicyclic) bond motifs is 1. The van der Waals surface area contributed by atoms with Crippen LogP contribution in [-0.4, -0.2) is 55.7 Å². The molecule has 0 spiro atoms.